The van der Waals surface area contributed by atoms with Gasteiger partial charge in [0.15, 0.2) is 0 Å². The number of hydrogen-bond donors (Lipinski definition) is 0. The fraction of sp³-hybridized carbons (Fsp3) is 0.818. The summed E-state index contributed by atoms with van der Waals surface area (Å²) in [7, 11) is 1.36. The van der Waals surface area contributed by atoms with Gasteiger partial charge in [-0.2, -0.15) is 0 Å². The molecule has 0 spiro atoms. The molecule has 1 amide bonds. The van der Waals surface area contributed by atoms with E-state index in [0.717, 1.165) is 6.42 Å². The average Bonchev–Trinajstić information content (AvgIpc) is 2.27. The summed E-state index contributed by atoms with van der Waals surface area (Å²) in [5.74, 6) is -0.180. The summed E-state index contributed by atoms with van der Waals surface area (Å²) in [6.07, 6.45) is 1.64. The van der Waals surface area contributed by atoms with Crippen LogP contribution in [0.15, 0.2) is 0 Å². The molecule has 0 aliphatic heterocycles. The van der Waals surface area contributed by atoms with Crippen LogP contribution in [0.4, 0.5) is 0 Å². The van der Waals surface area contributed by atoms with Gasteiger partial charge < -0.3 is 9.64 Å². The van der Waals surface area contributed by atoms with Crippen LogP contribution in [0.2, 0.25) is 0 Å². The highest BCUT2D eigenvalue weighted by molar-refractivity contribution is 5.77. The van der Waals surface area contributed by atoms with Crippen LogP contribution in [-0.4, -0.2) is 36.5 Å². The largest absolute Gasteiger partial charge is 0.469 e. The van der Waals surface area contributed by atoms with Crippen molar-refractivity contribution < 1.29 is 14.3 Å². The van der Waals surface area contributed by atoms with Crippen molar-refractivity contribution >= 4 is 11.9 Å². The lowest BCUT2D eigenvalue weighted by Crippen LogP contribution is -2.39. The fourth-order valence-corrected chi connectivity index (χ4v) is 1.33. The Kier molecular flexibility index (Phi) is 6.75. The maximum Gasteiger partial charge on any atom is 0.307 e. The molecule has 0 aliphatic rings. The summed E-state index contributed by atoms with van der Waals surface area (Å²) in [6.45, 7) is 6.30. The van der Waals surface area contributed by atoms with E-state index in [0.29, 0.717) is 13.0 Å². The molecule has 0 rings (SSSR count). The SMILES string of the molecule is CCC(=O)N(CCC(=O)OC)C(C)CC. The zero-order valence-corrected chi connectivity index (χ0v) is 10.1. The van der Waals surface area contributed by atoms with E-state index in [4.69, 9.17) is 0 Å². The van der Waals surface area contributed by atoms with Gasteiger partial charge in [-0.15, -0.1) is 0 Å². The maximum absolute atomic E-state index is 11.6. The van der Waals surface area contributed by atoms with Crippen LogP contribution < -0.4 is 0 Å². The smallest absolute Gasteiger partial charge is 0.307 e. The standard InChI is InChI=1S/C11H21NO3/c1-5-9(3)12(10(13)6-2)8-7-11(14)15-4/h9H,5-8H2,1-4H3. The molecule has 0 aromatic carbocycles. The van der Waals surface area contributed by atoms with Gasteiger partial charge in [0, 0.05) is 19.0 Å². The summed E-state index contributed by atoms with van der Waals surface area (Å²) in [6, 6.07) is 0.183. The van der Waals surface area contributed by atoms with Crippen molar-refractivity contribution in [2.75, 3.05) is 13.7 Å². The van der Waals surface area contributed by atoms with E-state index in [-0.39, 0.29) is 24.3 Å². The number of carbonyl (C=O) groups is 2. The van der Waals surface area contributed by atoms with Crippen LogP contribution in [0.1, 0.15) is 40.0 Å². The van der Waals surface area contributed by atoms with Gasteiger partial charge in [0.2, 0.25) is 5.91 Å². The summed E-state index contributed by atoms with van der Waals surface area (Å²) in [4.78, 5) is 24.3. The number of ether oxygens (including phenoxy) is 1. The minimum atomic E-state index is -0.271. The van der Waals surface area contributed by atoms with Crippen molar-refractivity contribution in [3.05, 3.63) is 0 Å². The fourth-order valence-electron chi connectivity index (χ4n) is 1.33. The van der Waals surface area contributed by atoms with E-state index in [2.05, 4.69) is 4.74 Å². The summed E-state index contributed by atoms with van der Waals surface area (Å²) in [5.41, 5.74) is 0. The van der Waals surface area contributed by atoms with Gasteiger partial charge in [0.05, 0.1) is 13.5 Å². The molecule has 4 nitrogen and oxygen atoms in total. The molecule has 0 N–H and O–H groups in total. The first-order valence-corrected chi connectivity index (χ1v) is 5.43. The third-order valence-corrected chi connectivity index (χ3v) is 2.53. The average molecular weight is 215 g/mol. The van der Waals surface area contributed by atoms with E-state index >= 15 is 0 Å². The van der Waals surface area contributed by atoms with Gasteiger partial charge in [-0.3, -0.25) is 9.59 Å². The first kappa shape index (κ1) is 13.9. The number of carbonyl (C=O) groups excluding carboxylic acids is 2. The van der Waals surface area contributed by atoms with Crippen molar-refractivity contribution in [3.8, 4) is 0 Å². The number of nitrogens with zero attached hydrogens (tertiary/aromatic N) is 1. The quantitative estimate of drug-likeness (QED) is 0.632. The first-order valence-electron chi connectivity index (χ1n) is 5.43. The Morgan fingerprint density at radius 3 is 2.33 bits per heavy atom. The van der Waals surface area contributed by atoms with Gasteiger partial charge in [0.1, 0.15) is 0 Å². The molecule has 88 valence electrons. The number of esters is 1. The molecular formula is C11H21NO3. The monoisotopic (exact) mass is 215 g/mol. The Bertz CT molecular complexity index is 216. The van der Waals surface area contributed by atoms with Gasteiger partial charge in [-0.25, -0.2) is 0 Å². The van der Waals surface area contributed by atoms with Crippen LogP contribution in [0.3, 0.4) is 0 Å². The zero-order chi connectivity index (χ0) is 11.8. The highest BCUT2D eigenvalue weighted by atomic mass is 16.5. The van der Waals surface area contributed by atoms with Crippen molar-refractivity contribution in [1.82, 2.24) is 4.90 Å². The Labute approximate surface area is 91.6 Å². The van der Waals surface area contributed by atoms with E-state index < -0.39 is 0 Å². The predicted molar refractivity (Wildman–Crippen MR) is 58.4 cm³/mol. The lowest BCUT2D eigenvalue weighted by atomic mass is 10.2. The Balaban J connectivity index is 4.25. The highest BCUT2D eigenvalue weighted by Crippen LogP contribution is 2.07. The van der Waals surface area contributed by atoms with Gasteiger partial charge in [0.25, 0.3) is 0 Å². The van der Waals surface area contributed by atoms with Crippen molar-refractivity contribution in [1.29, 1.82) is 0 Å². The summed E-state index contributed by atoms with van der Waals surface area (Å²) >= 11 is 0. The third-order valence-electron chi connectivity index (χ3n) is 2.53. The lowest BCUT2D eigenvalue weighted by molar-refractivity contribution is -0.142. The molecule has 0 aliphatic carbocycles. The summed E-state index contributed by atoms with van der Waals surface area (Å²) in [5, 5.41) is 0. The number of hydrogen-bond acceptors (Lipinski definition) is 3. The molecule has 0 radical (unpaired) electrons. The Hall–Kier alpha value is -1.06. The molecule has 0 aromatic heterocycles. The number of methoxy groups -OCH3 is 1. The van der Waals surface area contributed by atoms with Crippen molar-refractivity contribution in [2.45, 2.75) is 46.1 Å². The van der Waals surface area contributed by atoms with Crippen LogP contribution >= 0.6 is 0 Å². The third kappa shape index (κ3) is 4.81. The topological polar surface area (TPSA) is 46.6 Å². The molecule has 0 fully saturated rings. The maximum atomic E-state index is 11.6. The molecule has 0 heterocycles. The molecule has 1 unspecified atom stereocenters. The van der Waals surface area contributed by atoms with Gasteiger partial charge >= 0.3 is 5.97 Å². The van der Waals surface area contributed by atoms with E-state index in [1.165, 1.54) is 7.11 Å². The lowest BCUT2D eigenvalue weighted by Gasteiger charge is -2.27. The Morgan fingerprint density at radius 1 is 1.33 bits per heavy atom. The van der Waals surface area contributed by atoms with E-state index in [1.54, 1.807) is 4.90 Å². The molecule has 4 heteroatoms. The Morgan fingerprint density at radius 2 is 1.93 bits per heavy atom. The van der Waals surface area contributed by atoms with Crippen LogP contribution in [0.25, 0.3) is 0 Å². The molecular weight excluding hydrogens is 194 g/mol. The molecule has 0 saturated carbocycles. The summed E-state index contributed by atoms with van der Waals surface area (Å²) < 4.78 is 4.55. The second kappa shape index (κ2) is 7.26. The minimum absolute atomic E-state index is 0.0910. The molecule has 1 atom stereocenters. The molecule has 0 bridgehead atoms. The molecule has 15 heavy (non-hydrogen) atoms. The second-order valence-electron chi connectivity index (χ2n) is 3.52. The predicted octanol–water partition coefficient (Wildman–Crippen LogP) is 1.59. The van der Waals surface area contributed by atoms with Gasteiger partial charge in [-0.05, 0) is 13.3 Å². The van der Waals surface area contributed by atoms with E-state index in [1.807, 2.05) is 20.8 Å². The first-order chi connectivity index (χ1) is 7.06. The van der Waals surface area contributed by atoms with Crippen LogP contribution in [0.5, 0.6) is 0 Å². The number of amides is 1. The normalized spacial score (nSPS) is 12.0. The van der Waals surface area contributed by atoms with Gasteiger partial charge in [-0.1, -0.05) is 13.8 Å². The minimum Gasteiger partial charge on any atom is -0.469 e. The zero-order valence-electron chi connectivity index (χ0n) is 10.1. The molecule has 0 saturated heterocycles. The van der Waals surface area contributed by atoms with E-state index in [9.17, 15) is 9.59 Å². The number of rotatable bonds is 6. The van der Waals surface area contributed by atoms with Crippen LogP contribution in [0, 0.1) is 0 Å². The van der Waals surface area contributed by atoms with Crippen LogP contribution in [-0.2, 0) is 14.3 Å². The van der Waals surface area contributed by atoms with Crippen molar-refractivity contribution in [3.63, 3.8) is 0 Å². The van der Waals surface area contributed by atoms with Crippen molar-refractivity contribution in [2.24, 2.45) is 0 Å². The molecule has 0 aromatic rings. The highest BCUT2D eigenvalue weighted by Gasteiger charge is 2.18. The second-order valence-corrected chi connectivity index (χ2v) is 3.52.